The monoisotopic (exact) mass is 363 g/mol. The van der Waals surface area contributed by atoms with E-state index < -0.39 is 0 Å². The second-order valence-corrected chi connectivity index (χ2v) is 6.83. The van der Waals surface area contributed by atoms with Crippen LogP contribution in [-0.2, 0) is 14.4 Å². The van der Waals surface area contributed by atoms with E-state index in [2.05, 4.69) is 10.6 Å². The van der Waals surface area contributed by atoms with Crippen molar-refractivity contribution >= 4 is 23.2 Å². The fourth-order valence-corrected chi connectivity index (χ4v) is 2.72. The van der Waals surface area contributed by atoms with Crippen molar-refractivity contribution in [2.24, 2.45) is 5.92 Å². The SMILES string of the molecule is COc1cc(NC(=O)CCN2CCCCO2)ccc1NC(=O)CC(C)C. The first-order valence-electron chi connectivity index (χ1n) is 9.13. The highest BCUT2D eigenvalue weighted by Crippen LogP contribution is 2.28. The van der Waals surface area contributed by atoms with Crippen molar-refractivity contribution in [3.8, 4) is 5.75 Å². The standard InChI is InChI=1S/C19H29N3O4/c1-14(2)12-19(24)21-16-7-6-15(13-17(16)25-3)20-18(23)8-10-22-9-4-5-11-26-22/h6-7,13-14H,4-5,8-12H2,1-3H3,(H,20,23)(H,21,24). The van der Waals surface area contributed by atoms with Crippen LogP contribution in [0, 0.1) is 5.92 Å². The van der Waals surface area contributed by atoms with Gasteiger partial charge < -0.3 is 15.4 Å². The third-order valence-corrected chi connectivity index (χ3v) is 4.02. The zero-order valence-electron chi connectivity index (χ0n) is 15.8. The molecule has 0 spiro atoms. The lowest BCUT2D eigenvalue weighted by Gasteiger charge is -2.25. The maximum Gasteiger partial charge on any atom is 0.225 e. The van der Waals surface area contributed by atoms with Gasteiger partial charge >= 0.3 is 0 Å². The van der Waals surface area contributed by atoms with Crippen LogP contribution in [0.5, 0.6) is 5.75 Å². The van der Waals surface area contributed by atoms with Crippen molar-refractivity contribution in [3.63, 3.8) is 0 Å². The Morgan fingerprint density at radius 2 is 2.04 bits per heavy atom. The molecule has 2 amide bonds. The highest BCUT2D eigenvalue weighted by molar-refractivity contribution is 5.94. The number of hydrogen-bond acceptors (Lipinski definition) is 5. The van der Waals surface area contributed by atoms with Crippen LogP contribution < -0.4 is 15.4 Å². The Labute approximate surface area is 155 Å². The molecule has 1 aromatic rings. The summed E-state index contributed by atoms with van der Waals surface area (Å²) in [5.41, 5.74) is 1.23. The number of hydrogen-bond donors (Lipinski definition) is 2. The molecule has 1 aliphatic rings. The lowest BCUT2D eigenvalue weighted by molar-refractivity contribution is -0.181. The van der Waals surface area contributed by atoms with Gasteiger partial charge in [0, 0.05) is 37.7 Å². The third-order valence-electron chi connectivity index (χ3n) is 4.02. The van der Waals surface area contributed by atoms with E-state index in [9.17, 15) is 9.59 Å². The maximum atomic E-state index is 12.1. The third kappa shape index (κ3) is 6.65. The number of carbonyl (C=O) groups excluding carboxylic acids is 2. The second-order valence-electron chi connectivity index (χ2n) is 6.83. The van der Waals surface area contributed by atoms with E-state index in [0.29, 0.717) is 36.5 Å². The lowest BCUT2D eigenvalue weighted by atomic mass is 10.1. The molecular weight excluding hydrogens is 334 g/mol. The minimum Gasteiger partial charge on any atom is -0.494 e. The van der Waals surface area contributed by atoms with E-state index in [1.807, 2.05) is 18.9 Å². The lowest BCUT2D eigenvalue weighted by Crippen LogP contribution is -2.32. The van der Waals surface area contributed by atoms with Crippen LogP contribution in [0.4, 0.5) is 11.4 Å². The number of nitrogens with one attached hydrogen (secondary N) is 2. The van der Waals surface area contributed by atoms with E-state index >= 15 is 0 Å². The van der Waals surface area contributed by atoms with Gasteiger partial charge in [-0.3, -0.25) is 14.4 Å². The van der Waals surface area contributed by atoms with E-state index in [0.717, 1.165) is 26.0 Å². The molecule has 144 valence electrons. The first-order valence-corrected chi connectivity index (χ1v) is 9.13. The van der Waals surface area contributed by atoms with Crippen LogP contribution in [-0.4, -0.2) is 43.7 Å². The van der Waals surface area contributed by atoms with Gasteiger partial charge in [-0.25, -0.2) is 0 Å². The summed E-state index contributed by atoms with van der Waals surface area (Å²) in [4.78, 5) is 29.6. The molecule has 0 bridgehead atoms. The van der Waals surface area contributed by atoms with Crippen molar-refractivity contribution < 1.29 is 19.2 Å². The summed E-state index contributed by atoms with van der Waals surface area (Å²) >= 11 is 0. The van der Waals surface area contributed by atoms with E-state index in [4.69, 9.17) is 9.57 Å². The number of nitrogens with zero attached hydrogens (tertiary/aromatic N) is 1. The van der Waals surface area contributed by atoms with Crippen LogP contribution >= 0.6 is 0 Å². The van der Waals surface area contributed by atoms with Crippen LogP contribution in [0.25, 0.3) is 0 Å². The van der Waals surface area contributed by atoms with Crippen molar-refractivity contribution in [1.29, 1.82) is 0 Å². The van der Waals surface area contributed by atoms with Crippen LogP contribution in [0.1, 0.15) is 39.5 Å². The number of hydroxylamine groups is 2. The predicted molar refractivity (Wildman–Crippen MR) is 101 cm³/mol. The van der Waals surface area contributed by atoms with Gasteiger partial charge in [-0.2, -0.15) is 5.06 Å². The normalized spacial score (nSPS) is 14.9. The molecule has 0 aromatic heterocycles. The molecule has 2 rings (SSSR count). The van der Waals surface area contributed by atoms with Gasteiger partial charge in [-0.15, -0.1) is 0 Å². The summed E-state index contributed by atoms with van der Waals surface area (Å²) in [5, 5.41) is 7.54. The molecule has 1 fully saturated rings. The highest BCUT2D eigenvalue weighted by atomic mass is 16.7. The molecule has 0 radical (unpaired) electrons. The van der Waals surface area contributed by atoms with Crippen LogP contribution in [0.3, 0.4) is 0 Å². The minimum absolute atomic E-state index is 0.0587. The summed E-state index contributed by atoms with van der Waals surface area (Å²) in [5.74, 6) is 0.650. The Hall–Kier alpha value is -2.12. The summed E-state index contributed by atoms with van der Waals surface area (Å²) in [6.45, 7) is 6.15. The number of ether oxygens (including phenoxy) is 1. The topological polar surface area (TPSA) is 79.9 Å². The molecule has 1 aliphatic heterocycles. The molecular formula is C19H29N3O4. The van der Waals surface area contributed by atoms with Gasteiger partial charge in [0.1, 0.15) is 5.75 Å². The van der Waals surface area contributed by atoms with Gasteiger partial charge in [0.15, 0.2) is 0 Å². The van der Waals surface area contributed by atoms with Crippen molar-refractivity contribution in [3.05, 3.63) is 18.2 Å². The number of anilines is 2. The number of rotatable bonds is 8. The molecule has 0 unspecified atom stereocenters. The molecule has 0 aliphatic carbocycles. The summed E-state index contributed by atoms with van der Waals surface area (Å²) in [6.07, 6.45) is 2.97. The number of methoxy groups -OCH3 is 1. The summed E-state index contributed by atoms with van der Waals surface area (Å²) < 4.78 is 5.33. The Kier molecular flexibility index (Phi) is 7.87. The molecule has 2 N–H and O–H groups in total. The maximum absolute atomic E-state index is 12.1. The summed E-state index contributed by atoms with van der Waals surface area (Å²) in [7, 11) is 1.53. The van der Waals surface area contributed by atoms with Crippen LogP contribution in [0.2, 0.25) is 0 Å². The van der Waals surface area contributed by atoms with E-state index in [-0.39, 0.29) is 17.7 Å². The fraction of sp³-hybridized carbons (Fsp3) is 0.579. The van der Waals surface area contributed by atoms with Crippen LogP contribution in [0.15, 0.2) is 18.2 Å². The highest BCUT2D eigenvalue weighted by Gasteiger charge is 2.14. The largest absolute Gasteiger partial charge is 0.494 e. The average molecular weight is 363 g/mol. The molecule has 0 atom stereocenters. The Morgan fingerprint density at radius 1 is 1.23 bits per heavy atom. The van der Waals surface area contributed by atoms with E-state index in [1.165, 1.54) is 7.11 Å². The molecule has 26 heavy (non-hydrogen) atoms. The van der Waals surface area contributed by atoms with Gasteiger partial charge in [-0.05, 0) is 30.9 Å². The number of benzene rings is 1. The average Bonchev–Trinajstić information content (AvgIpc) is 2.61. The predicted octanol–water partition coefficient (Wildman–Crippen LogP) is 3.04. The molecule has 7 nitrogen and oxygen atoms in total. The number of amides is 2. The van der Waals surface area contributed by atoms with Crippen molar-refractivity contribution in [2.75, 3.05) is 37.4 Å². The molecule has 1 heterocycles. The fourth-order valence-electron chi connectivity index (χ4n) is 2.72. The first kappa shape index (κ1) is 20.2. The molecule has 1 aromatic carbocycles. The van der Waals surface area contributed by atoms with E-state index in [1.54, 1.807) is 18.2 Å². The zero-order valence-corrected chi connectivity index (χ0v) is 15.8. The zero-order chi connectivity index (χ0) is 18.9. The molecule has 0 saturated carbocycles. The summed E-state index contributed by atoms with van der Waals surface area (Å²) in [6, 6.07) is 5.20. The van der Waals surface area contributed by atoms with Crippen molar-refractivity contribution in [1.82, 2.24) is 5.06 Å². The number of carbonyl (C=O) groups is 2. The second kappa shape index (κ2) is 10.1. The molecule has 1 saturated heterocycles. The van der Waals surface area contributed by atoms with Crippen molar-refractivity contribution in [2.45, 2.75) is 39.5 Å². The Bertz CT molecular complexity index is 613. The smallest absolute Gasteiger partial charge is 0.225 e. The van der Waals surface area contributed by atoms with Gasteiger partial charge in [0.05, 0.1) is 19.4 Å². The minimum atomic E-state index is -0.0854. The van der Waals surface area contributed by atoms with Gasteiger partial charge in [0.25, 0.3) is 0 Å². The Morgan fingerprint density at radius 3 is 2.69 bits per heavy atom. The van der Waals surface area contributed by atoms with Gasteiger partial charge in [-0.1, -0.05) is 13.8 Å². The van der Waals surface area contributed by atoms with Gasteiger partial charge in [0.2, 0.25) is 11.8 Å². The quantitative estimate of drug-likeness (QED) is 0.742. The molecule has 7 heteroatoms. The Balaban J connectivity index is 1.88. The first-order chi connectivity index (χ1) is 12.5.